The highest BCUT2D eigenvalue weighted by molar-refractivity contribution is 5.91. The van der Waals surface area contributed by atoms with Crippen LogP contribution in [-0.4, -0.2) is 29.3 Å². The van der Waals surface area contributed by atoms with E-state index < -0.39 is 5.91 Å². The Bertz CT molecular complexity index is 716. The fraction of sp³-hybridized carbons (Fsp3) is 0.412. The van der Waals surface area contributed by atoms with Gasteiger partial charge in [0.05, 0.1) is 19.2 Å². The molecule has 0 atom stereocenters. The number of nitrogens with zero attached hydrogens (tertiary/aromatic N) is 1. The number of carbonyl (C=O) groups is 2. The van der Waals surface area contributed by atoms with Crippen LogP contribution in [0.2, 0.25) is 0 Å². The van der Waals surface area contributed by atoms with Gasteiger partial charge in [0.15, 0.2) is 0 Å². The molecule has 0 aliphatic heterocycles. The van der Waals surface area contributed by atoms with Crippen LogP contribution >= 0.6 is 0 Å². The maximum atomic E-state index is 12.5. The van der Waals surface area contributed by atoms with Gasteiger partial charge in [-0.25, -0.2) is 0 Å². The lowest BCUT2D eigenvalue weighted by Crippen LogP contribution is -2.43. The van der Waals surface area contributed by atoms with Crippen molar-refractivity contribution in [2.24, 2.45) is 5.73 Å². The number of rotatable bonds is 5. The summed E-state index contributed by atoms with van der Waals surface area (Å²) < 4.78 is 5.62. The number of carbonyl (C=O) groups excluding carboxylic acids is 2. The van der Waals surface area contributed by atoms with Crippen molar-refractivity contribution in [3.63, 3.8) is 0 Å². The molecule has 2 N–H and O–H groups in total. The molecule has 22 heavy (non-hydrogen) atoms. The zero-order valence-electron chi connectivity index (χ0n) is 13.5. The van der Waals surface area contributed by atoms with Crippen LogP contribution in [0.5, 0.6) is 0 Å². The highest BCUT2D eigenvalue weighted by Crippen LogP contribution is 2.27. The lowest BCUT2D eigenvalue weighted by molar-refractivity contribution is -0.136. The van der Waals surface area contributed by atoms with Crippen molar-refractivity contribution in [3.8, 4) is 0 Å². The van der Waals surface area contributed by atoms with Crippen LogP contribution in [-0.2, 0) is 16.0 Å². The molecule has 0 bridgehead atoms. The second-order valence-electron chi connectivity index (χ2n) is 5.90. The van der Waals surface area contributed by atoms with Crippen molar-refractivity contribution in [2.75, 3.05) is 6.54 Å². The number of hydrogen-bond donors (Lipinski definition) is 1. The number of primary amides is 1. The van der Waals surface area contributed by atoms with Crippen molar-refractivity contribution >= 4 is 22.8 Å². The van der Waals surface area contributed by atoms with Gasteiger partial charge in [-0.2, -0.15) is 0 Å². The van der Waals surface area contributed by atoms with Gasteiger partial charge in [-0.15, -0.1) is 0 Å². The SMILES string of the molecule is Cc1ccc2c(CC(=O)N(CC(N)=O)C(C)C)coc2c1C. The summed E-state index contributed by atoms with van der Waals surface area (Å²) >= 11 is 0. The number of fused-ring (bicyclic) bond motifs is 1. The molecule has 2 aromatic rings. The number of aryl methyl sites for hydroxylation is 2. The molecule has 0 saturated heterocycles. The van der Waals surface area contributed by atoms with E-state index in [1.54, 1.807) is 6.26 Å². The predicted molar refractivity (Wildman–Crippen MR) is 85.4 cm³/mol. The normalized spacial score (nSPS) is 11.1. The minimum absolute atomic E-state index is 0.0651. The standard InChI is InChI=1S/C17H22N2O3/c1-10(2)19(8-15(18)20)16(21)7-13-9-22-17-12(4)11(3)5-6-14(13)17/h5-6,9-10H,7-8H2,1-4H3,(H2,18,20). The van der Waals surface area contributed by atoms with Crippen molar-refractivity contribution < 1.29 is 14.0 Å². The van der Waals surface area contributed by atoms with Gasteiger partial charge in [0.2, 0.25) is 11.8 Å². The minimum atomic E-state index is -0.509. The number of benzene rings is 1. The minimum Gasteiger partial charge on any atom is -0.464 e. The second kappa shape index (κ2) is 6.22. The molecule has 5 heteroatoms. The van der Waals surface area contributed by atoms with E-state index in [4.69, 9.17) is 10.2 Å². The van der Waals surface area contributed by atoms with E-state index in [1.807, 2.05) is 39.8 Å². The molecular formula is C17H22N2O3. The van der Waals surface area contributed by atoms with Crippen LogP contribution in [0.3, 0.4) is 0 Å². The molecule has 1 heterocycles. The molecule has 0 spiro atoms. The van der Waals surface area contributed by atoms with E-state index in [-0.39, 0.29) is 24.9 Å². The predicted octanol–water partition coefficient (Wildman–Crippen LogP) is 2.31. The first-order valence-electron chi connectivity index (χ1n) is 7.35. The van der Waals surface area contributed by atoms with Crippen molar-refractivity contribution in [3.05, 3.63) is 35.1 Å². The number of furan rings is 1. The third-order valence-corrected chi connectivity index (χ3v) is 3.95. The van der Waals surface area contributed by atoms with Crippen molar-refractivity contribution in [1.29, 1.82) is 0 Å². The van der Waals surface area contributed by atoms with Crippen LogP contribution in [0.15, 0.2) is 22.8 Å². The third-order valence-electron chi connectivity index (χ3n) is 3.95. The zero-order chi connectivity index (χ0) is 16.4. The second-order valence-corrected chi connectivity index (χ2v) is 5.90. The molecule has 2 rings (SSSR count). The van der Waals surface area contributed by atoms with Gasteiger partial charge < -0.3 is 15.1 Å². The van der Waals surface area contributed by atoms with E-state index in [0.717, 1.165) is 27.7 Å². The number of nitrogens with two attached hydrogens (primary N) is 1. The molecule has 0 radical (unpaired) electrons. The topological polar surface area (TPSA) is 76.5 Å². The van der Waals surface area contributed by atoms with Gasteiger partial charge in [-0.05, 0) is 38.8 Å². The summed E-state index contributed by atoms with van der Waals surface area (Å²) in [6.07, 6.45) is 1.82. The van der Waals surface area contributed by atoms with E-state index in [2.05, 4.69) is 0 Å². The Balaban J connectivity index is 2.28. The van der Waals surface area contributed by atoms with E-state index >= 15 is 0 Å². The maximum Gasteiger partial charge on any atom is 0.237 e. The fourth-order valence-electron chi connectivity index (χ4n) is 2.52. The molecule has 0 aliphatic rings. The molecule has 0 fully saturated rings. The molecule has 1 aromatic heterocycles. The van der Waals surface area contributed by atoms with Crippen LogP contribution in [0.25, 0.3) is 11.0 Å². The molecule has 5 nitrogen and oxygen atoms in total. The lowest BCUT2D eigenvalue weighted by atomic mass is 10.0. The Morgan fingerprint density at radius 1 is 1.27 bits per heavy atom. The van der Waals surface area contributed by atoms with Gasteiger partial charge >= 0.3 is 0 Å². The van der Waals surface area contributed by atoms with Gasteiger partial charge in [0, 0.05) is 17.0 Å². The summed E-state index contributed by atoms with van der Waals surface area (Å²) in [5.41, 5.74) is 9.09. The molecule has 1 aromatic carbocycles. The van der Waals surface area contributed by atoms with Crippen LogP contribution in [0.4, 0.5) is 0 Å². The summed E-state index contributed by atoms with van der Waals surface area (Å²) in [7, 11) is 0. The van der Waals surface area contributed by atoms with Gasteiger partial charge in [0.25, 0.3) is 0 Å². The van der Waals surface area contributed by atoms with Crippen LogP contribution in [0, 0.1) is 13.8 Å². The van der Waals surface area contributed by atoms with Crippen molar-refractivity contribution in [1.82, 2.24) is 4.90 Å². The average molecular weight is 302 g/mol. The Hall–Kier alpha value is -2.30. The molecule has 118 valence electrons. The molecule has 2 amide bonds. The highest BCUT2D eigenvalue weighted by atomic mass is 16.3. The first kappa shape index (κ1) is 16.1. The summed E-state index contributed by atoms with van der Waals surface area (Å²) in [6, 6.07) is 3.91. The number of hydrogen-bond acceptors (Lipinski definition) is 3. The van der Waals surface area contributed by atoms with E-state index in [9.17, 15) is 9.59 Å². The first-order valence-corrected chi connectivity index (χ1v) is 7.35. The van der Waals surface area contributed by atoms with E-state index in [1.165, 1.54) is 4.90 Å². The summed E-state index contributed by atoms with van der Waals surface area (Å²) in [4.78, 5) is 25.1. The average Bonchev–Trinajstić information content (AvgIpc) is 2.83. The Labute approximate surface area is 130 Å². The molecule has 0 saturated carbocycles. The summed E-state index contributed by atoms with van der Waals surface area (Å²) in [6.45, 7) is 7.68. The molecular weight excluding hydrogens is 280 g/mol. The summed E-state index contributed by atoms with van der Waals surface area (Å²) in [5, 5.41) is 0.944. The molecule has 0 aliphatic carbocycles. The Kier molecular flexibility index (Phi) is 4.54. The molecule has 0 unspecified atom stereocenters. The van der Waals surface area contributed by atoms with Crippen molar-refractivity contribution in [2.45, 2.75) is 40.2 Å². The highest BCUT2D eigenvalue weighted by Gasteiger charge is 2.21. The number of amides is 2. The van der Waals surface area contributed by atoms with Crippen LogP contribution in [0.1, 0.15) is 30.5 Å². The van der Waals surface area contributed by atoms with Gasteiger partial charge in [-0.1, -0.05) is 12.1 Å². The van der Waals surface area contributed by atoms with Gasteiger partial charge in [0.1, 0.15) is 5.58 Å². The lowest BCUT2D eigenvalue weighted by Gasteiger charge is -2.25. The third kappa shape index (κ3) is 3.13. The largest absolute Gasteiger partial charge is 0.464 e. The van der Waals surface area contributed by atoms with Crippen LogP contribution < -0.4 is 5.73 Å². The maximum absolute atomic E-state index is 12.5. The quantitative estimate of drug-likeness (QED) is 0.920. The monoisotopic (exact) mass is 302 g/mol. The first-order chi connectivity index (χ1) is 10.3. The summed E-state index contributed by atoms with van der Waals surface area (Å²) in [5.74, 6) is -0.639. The fourth-order valence-corrected chi connectivity index (χ4v) is 2.52. The Morgan fingerprint density at radius 3 is 2.55 bits per heavy atom. The Morgan fingerprint density at radius 2 is 1.95 bits per heavy atom. The zero-order valence-corrected chi connectivity index (χ0v) is 13.5. The van der Waals surface area contributed by atoms with E-state index in [0.29, 0.717) is 0 Å². The van der Waals surface area contributed by atoms with Gasteiger partial charge in [-0.3, -0.25) is 9.59 Å². The smallest absolute Gasteiger partial charge is 0.237 e.